The first-order valence-electron chi connectivity index (χ1n) is 4.12. The Hall–Kier alpha value is -0.950. The summed E-state index contributed by atoms with van der Waals surface area (Å²) in [6.45, 7) is 1.61. The highest BCUT2D eigenvalue weighted by atomic mass is 32.1. The van der Waals surface area contributed by atoms with Crippen molar-refractivity contribution in [2.24, 2.45) is 5.73 Å². The van der Waals surface area contributed by atoms with E-state index in [0.717, 1.165) is 6.20 Å². The number of alkyl halides is 3. The molecule has 1 heterocycles. The normalized spacial score (nSPS) is 13.9. The summed E-state index contributed by atoms with van der Waals surface area (Å²) in [5, 5.41) is -1.00. The Morgan fingerprint density at radius 1 is 1.67 bits per heavy atom. The molecular weight excluding hydrogens is 229 g/mol. The van der Waals surface area contributed by atoms with Crippen molar-refractivity contribution < 1.29 is 18.0 Å². The van der Waals surface area contributed by atoms with Crippen LogP contribution < -0.4 is 5.73 Å². The topological polar surface area (TPSA) is 56.0 Å². The first-order chi connectivity index (χ1) is 6.80. The molecule has 0 radical (unpaired) electrons. The lowest BCUT2D eigenvalue weighted by Crippen LogP contribution is -2.19. The van der Waals surface area contributed by atoms with Gasteiger partial charge in [-0.1, -0.05) is 0 Å². The summed E-state index contributed by atoms with van der Waals surface area (Å²) in [5.74, 6) is -0.405. The molecule has 0 aliphatic carbocycles. The Balaban J connectivity index is 2.81. The first kappa shape index (κ1) is 12.1. The van der Waals surface area contributed by atoms with Gasteiger partial charge in [-0.05, 0) is 6.92 Å². The fourth-order valence-corrected chi connectivity index (χ4v) is 1.66. The smallest absolute Gasteiger partial charge is 0.328 e. The third kappa shape index (κ3) is 3.28. The minimum Gasteiger partial charge on any atom is -0.328 e. The predicted octanol–water partition coefficient (Wildman–Crippen LogP) is 2.08. The molecule has 0 spiro atoms. The molecule has 2 N–H and O–H groups in total. The van der Waals surface area contributed by atoms with Crippen LogP contribution in [0.3, 0.4) is 0 Å². The molecule has 1 aromatic rings. The van der Waals surface area contributed by atoms with Gasteiger partial charge in [0, 0.05) is 18.7 Å². The van der Waals surface area contributed by atoms with Crippen molar-refractivity contribution in [2.75, 3.05) is 0 Å². The van der Waals surface area contributed by atoms with Crippen LogP contribution in [0, 0.1) is 0 Å². The minimum absolute atomic E-state index is 0.000347. The molecule has 0 aliphatic heterocycles. The van der Waals surface area contributed by atoms with Crippen LogP contribution in [-0.4, -0.2) is 16.8 Å². The number of Topliss-reactive ketones (excluding diaryl/α,β-unsaturated/α-hetero) is 1. The Labute approximate surface area is 88.1 Å². The molecule has 84 valence electrons. The number of nitrogens with zero attached hydrogens (tertiary/aromatic N) is 1. The fourth-order valence-electron chi connectivity index (χ4n) is 0.927. The van der Waals surface area contributed by atoms with Crippen LogP contribution in [-0.2, 0) is 6.18 Å². The van der Waals surface area contributed by atoms with Gasteiger partial charge in [0.2, 0.25) is 0 Å². The van der Waals surface area contributed by atoms with Gasteiger partial charge in [-0.3, -0.25) is 4.79 Å². The van der Waals surface area contributed by atoms with E-state index in [0.29, 0.717) is 11.3 Å². The zero-order valence-corrected chi connectivity index (χ0v) is 8.65. The molecule has 1 rings (SSSR count). The maximum atomic E-state index is 12.1. The number of hydrogen-bond acceptors (Lipinski definition) is 4. The molecule has 0 bridgehead atoms. The quantitative estimate of drug-likeness (QED) is 0.820. The third-order valence-electron chi connectivity index (χ3n) is 1.53. The van der Waals surface area contributed by atoms with E-state index >= 15 is 0 Å². The number of thiazole rings is 1. The lowest BCUT2D eigenvalue weighted by molar-refractivity contribution is -0.137. The van der Waals surface area contributed by atoms with Crippen molar-refractivity contribution in [3.05, 3.63) is 16.1 Å². The third-order valence-corrected chi connectivity index (χ3v) is 2.61. The highest BCUT2D eigenvalue weighted by molar-refractivity contribution is 7.13. The van der Waals surface area contributed by atoms with Crippen LogP contribution in [0.5, 0.6) is 0 Å². The number of nitrogens with two attached hydrogens (primary N) is 1. The lowest BCUT2D eigenvalue weighted by atomic mass is 10.1. The van der Waals surface area contributed by atoms with Crippen molar-refractivity contribution in [3.8, 4) is 0 Å². The van der Waals surface area contributed by atoms with Crippen LogP contribution in [0.2, 0.25) is 0 Å². The minimum atomic E-state index is -4.49. The number of ketones is 1. The molecule has 0 amide bonds. The van der Waals surface area contributed by atoms with E-state index in [1.54, 1.807) is 6.92 Å². The number of aromatic nitrogens is 1. The van der Waals surface area contributed by atoms with Gasteiger partial charge < -0.3 is 5.73 Å². The van der Waals surface area contributed by atoms with E-state index < -0.39 is 17.0 Å². The molecule has 0 saturated carbocycles. The van der Waals surface area contributed by atoms with Crippen LogP contribution >= 0.6 is 11.3 Å². The summed E-state index contributed by atoms with van der Waals surface area (Å²) in [7, 11) is 0. The van der Waals surface area contributed by atoms with Gasteiger partial charge in [0.15, 0.2) is 10.8 Å². The summed E-state index contributed by atoms with van der Waals surface area (Å²) in [6, 6.07) is -0.367. The molecule has 0 saturated heterocycles. The SMILES string of the molecule is CC(N)CC(=O)c1cnc(C(F)(F)F)s1. The van der Waals surface area contributed by atoms with E-state index in [2.05, 4.69) is 4.98 Å². The predicted molar refractivity (Wildman–Crippen MR) is 49.7 cm³/mol. The maximum Gasteiger partial charge on any atom is 0.443 e. The Bertz CT molecular complexity index is 359. The van der Waals surface area contributed by atoms with E-state index in [9.17, 15) is 18.0 Å². The maximum absolute atomic E-state index is 12.1. The van der Waals surface area contributed by atoms with Gasteiger partial charge in [0.05, 0.1) is 4.88 Å². The summed E-state index contributed by atoms with van der Waals surface area (Å²) in [6.07, 6.45) is -3.52. The lowest BCUT2D eigenvalue weighted by Gasteiger charge is -2.01. The molecular formula is C8H9F3N2OS. The average Bonchev–Trinajstić information content (AvgIpc) is 2.48. The molecule has 1 unspecified atom stereocenters. The van der Waals surface area contributed by atoms with Crippen molar-refractivity contribution in [3.63, 3.8) is 0 Å². The molecule has 0 aromatic carbocycles. The van der Waals surface area contributed by atoms with Gasteiger partial charge in [-0.25, -0.2) is 4.98 Å². The number of rotatable bonds is 3. The van der Waals surface area contributed by atoms with Gasteiger partial charge in [-0.2, -0.15) is 13.2 Å². The van der Waals surface area contributed by atoms with E-state index in [-0.39, 0.29) is 17.3 Å². The highest BCUT2D eigenvalue weighted by Gasteiger charge is 2.35. The average molecular weight is 238 g/mol. The molecule has 1 atom stereocenters. The van der Waals surface area contributed by atoms with E-state index in [1.807, 2.05) is 0 Å². The highest BCUT2D eigenvalue weighted by Crippen LogP contribution is 2.32. The summed E-state index contributed by atoms with van der Waals surface area (Å²) >= 11 is 0.349. The second-order valence-corrected chi connectivity index (χ2v) is 4.16. The number of carbonyl (C=O) groups is 1. The molecule has 3 nitrogen and oxygen atoms in total. The first-order valence-corrected chi connectivity index (χ1v) is 4.94. The second kappa shape index (κ2) is 4.28. The number of halogens is 3. The summed E-state index contributed by atoms with van der Waals surface area (Å²) in [4.78, 5) is 14.5. The Morgan fingerprint density at radius 2 is 2.27 bits per heavy atom. The van der Waals surface area contributed by atoms with Crippen molar-refractivity contribution in [1.29, 1.82) is 0 Å². The van der Waals surface area contributed by atoms with Gasteiger partial charge in [-0.15, -0.1) is 11.3 Å². The second-order valence-electron chi connectivity index (χ2n) is 3.13. The van der Waals surface area contributed by atoms with E-state index in [1.165, 1.54) is 0 Å². The Morgan fingerprint density at radius 3 is 2.67 bits per heavy atom. The fraction of sp³-hybridized carbons (Fsp3) is 0.500. The molecule has 0 fully saturated rings. The molecule has 15 heavy (non-hydrogen) atoms. The zero-order chi connectivity index (χ0) is 11.6. The largest absolute Gasteiger partial charge is 0.443 e. The standard InChI is InChI=1S/C8H9F3N2OS/c1-4(12)2-5(14)6-3-13-7(15-6)8(9,10)11/h3-4H,2,12H2,1H3. The van der Waals surface area contributed by atoms with Crippen molar-refractivity contribution >= 4 is 17.1 Å². The van der Waals surface area contributed by atoms with Crippen LogP contribution in [0.15, 0.2) is 6.20 Å². The number of hydrogen-bond donors (Lipinski definition) is 1. The van der Waals surface area contributed by atoms with Crippen LogP contribution in [0.25, 0.3) is 0 Å². The molecule has 7 heteroatoms. The Kier molecular flexibility index (Phi) is 3.46. The zero-order valence-electron chi connectivity index (χ0n) is 7.84. The van der Waals surface area contributed by atoms with Gasteiger partial charge in [0.1, 0.15) is 0 Å². The van der Waals surface area contributed by atoms with Crippen molar-refractivity contribution in [1.82, 2.24) is 4.98 Å². The molecule has 0 aliphatic rings. The van der Waals surface area contributed by atoms with Crippen molar-refractivity contribution in [2.45, 2.75) is 25.6 Å². The monoisotopic (exact) mass is 238 g/mol. The van der Waals surface area contributed by atoms with Crippen LogP contribution in [0.4, 0.5) is 13.2 Å². The summed E-state index contributed by atoms with van der Waals surface area (Å²) < 4.78 is 36.4. The van der Waals surface area contributed by atoms with E-state index in [4.69, 9.17) is 5.73 Å². The molecule has 1 aromatic heterocycles. The summed E-state index contributed by atoms with van der Waals surface area (Å²) in [5.41, 5.74) is 5.36. The van der Waals surface area contributed by atoms with Crippen LogP contribution in [0.1, 0.15) is 28.0 Å². The van der Waals surface area contributed by atoms with Gasteiger partial charge in [0.25, 0.3) is 0 Å². The number of carbonyl (C=O) groups excluding carboxylic acids is 1. The van der Waals surface area contributed by atoms with Gasteiger partial charge >= 0.3 is 6.18 Å².